The number of ether oxygens (including phenoxy) is 1. The predicted octanol–water partition coefficient (Wildman–Crippen LogP) is 4.51. The summed E-state index contributed by atoms with van der Waals surface area (Å²) < 4.78 is 12.3. The largest absolute Gasteiger partial charge is 0.495 e. The Morgan fingerprint density at radius 2 is 2.00 bits per heavy atom. The fourth-order valence-electron chi connectivity index (χ4n) is 2.88. The smallest absolute Gasteiger partial charge is 0.274 e. The molecule has 2 heterocycles. The van der Waals surface area contributed by atoms with Crippen LogP contribution in [0.1, 0.15) is 0 Å². The lowest BCUT2D eigenvalue weighted by Gasteiger charge is -2.09. The average molecular weight is 409 g/mol. The molecule has 0 radical (unpaired) electrons. The van der Waals surface area contributed by atoms with E-state index in [0.717, 1.165) is 5.56 Å². The summed E-state index contributed by atoms with van der Waals surface area (Å²) in [6.45, 7) is 0.0784. The zero-order valence-corrected chi connectivity index (χ0v) is 16.3. The maximum absolute atomic E-state index is 12.5. The van der Waals surface area contributed by atoms with Gasteiger partial charge in [-0.2, -0.15) is 4.98 Å². The normalized spacial score (nSPS) is 10.7. The van der Waals surface area contributed by atoms with Crippen molar-refractivity contribution in [1.82, 2.24) is 14.7 Å². The first-order valence-corrected chi connectivity index (χ1v) is 9.20. The number of methoxy groups -OCH3 is 1. The predicted molar refractivity (Wildman–Crippen MR) is 110 cm³/mol. The first-order valence-electron chi connectivity index (χ1n) is 8.82. The van der Waals surface area contributed by atoms with Crippen molar-refractivity contribution in [3.63, 3.8) is 0 Å². The zero-order chi connectivity index (χ0) is 20.2. The highest BCUT2D eigenvalue weighted by atomic mass is 35.5. The number of amides is 1. The summed E-state index contributed by atoms with van der Waals surface area (Å²) in [4.78, 5) is 16.9. The second-order valence-electron chi connectivity index (χ2n) is 6.21. The third-order valence-electron chi connectivity index (χ3n) is 4.26. The molecule has 4 rings (SSSR count). The van der Waals surface area contributed by atoms with E-state index >= 15 is 0 Å². The molecule has 0 unspecified atom stereocenters. The number of carbonyl (C=O) groups is 1. The number of benzene rings is 2. The minimum absolute atomic E-state index is 0.0784. The van der Waals surface area contributed by atoms with Crippen LogP contribution in [0.15, 0.2) is 71.4 Å². The number of aromatic nitrogens is 3. The Morgan fingerprint density at radius 3 is 2.76 bits per heavy atom. The van der Waals surface area contributed by atoms with E-state index < -0.39 is 0 Å². The number of nitrogens with zero attached hydrogens (tertiary/aromatic N) is 3. The van der Waals surface area contributed by atoms with Crippen LogP contribution in [0.5, 0.6) is 5.75 Å². The first-order chi connectivity index (χ1) is 14.1. The molecule has 0 aliphatic rings. The molecule has 0 bridgehead atoms. The first kappa shape index (κ1) is 18.8. The third kappa shape index (κ3) is 4.14. The highest BCUT2D eigenvalue weighted by Gasteiger charge is 2.15. The van der Waals surface area contributed by atoms with Crippen molar-refractivity contribution in [3.8, 4) is 28.7 Å². The molecule has 0 atom stereocenters. The lowest BCUT2D eigenvalue weighted by atomic mass is 10.2. The molecular formula is C21H17ClN4O3. The lowest BCUT2D eigenvalue weighted by Crippen LogP contribution is -2.18. The molecule has 1 amide bonds. The number of anilines is 1. The molecule has 0 fully saturated rings. The van der Waals surface area contributed by atoms with Crippen molar-refractivity contribution in [3.05, 3.63) is 71.9 Å². The van der Waals surface area contributed by atoms with Gasteiger partial charge in [0.2, 0.25) is 11.7 Å². The highest BCUT2D eigenvalue weighted by Crippen LogP contribution is 2.27. The van der Waals surface area contributed by atoms with Crippen molar-refractivity contribution in [1.29, 1.82) is 0 Å². The third-order valence-corrected chi connectivity index (χ3v) is 4.55. The lowest BCUT2D eigenvalue weighted by molar-refractivity contribution is -0.116. The van der Waals surface area contributed by atoms with E-state index in [2.05, 4.69) is 15.5 Å². The van der Waals surface area contributed by atoms with Crippen LogP contribution in [-0.4, -0.2) is 27.7 Å². The van der Waals surface area contributed by atoms with Gasteiger partial charge < -0.3 is 19.1 Å². The van der Waals surface area contributed by atoms with Crippen LogP contribution in [-0.2, 0) is 11.3 Å². The topological polar surface area (TPSA) is 82.2 Å². The molecule has 29 heavy (non-hydrogen) atoms. The highest BCUT2D eigenvalue weighted by molar-refractivity contribution is 6.32. The quantitative estimate of drug-likeness (QED) is 0.507. The molecule has 8 heteroatoms. The summed E-state index contributed by atoms with van der Waals surface area (Å²) in [7, 11) is 1.54. The maximum atomic E-state index is 12.5. The molecule has 0 spiro atoms. The van der Waals surface area contributed by atoms with Gasteiger partial charge in [-0.1, -0.05) is 47.1 Å². The van der Waals surface area contributed by atoms with Gasteiger partial charge in [-0.25, -0.2) is 0 Å². The Balaban J connectivity index is 1.49. The number of hydrogen-bond donors (Lipinski definition) is 1. The van der Waals surface area contributed by atoms with Gasteiger partial charge in [-0.15, -0.1) is 0 Å². The van der Waals surface area contributed by atoms with Crippen molar-refractivity contribution >= 4 is 23.2 Å². The van der Waals surface area contributed by atoms with Gasteiger partial charge in [0.25, 0.3) is 5.89 Å². The standard InChI is InChI=1S/C21H17ClN4O3/c1-28-18-10-9-15(12-16(18)22)23-19(27)13-26-11-5-8-17(26)21-24-20(25-29-21)14-6-3-2-4-7-14/h2-12H,13H2,1H3,(H,23,27). The number of carbonyl (C=O) groups excluding carboxylic acids is 1. The minimum Gasteiger partial charge on any atom is -0.495 e. The van der Waals surface area contributed by atoms with E-state index in [-0.39, 0.29) is 12.5 Å². The van der Waals surface area contributed by atoms with Crippen molar-refractivity contribution < 1.29 is 14.1 Å². The number of nitrogens with one attached hydrogen (secondary N) is 1. The number of hydrogen-bond acceptors (Lipinski definition) is 5. The summed E-state index contributed by atoms with van der Waals surface area (Å²) in [5.74, 6) is 1.16. The van der Waals surface area contributed by atoms with E-state index in [1.54, 1.807) is 29.0 Å². The van der Waals surface area contributed by atoms with Gasteiger partial charge in [0, 0.05) is 17.4 Å². The summed E-state index contributed by atoms with van der Waals surface area (Å²) in [5, 5.41) is 7.27. The fraction of sp³-hybridized carbons (Fsp3) is 0.0952. The van der Waals surface area contributed by atoms with Gasteiger partial charge in [0.15, 0.2) is 0 Å². The van der Waals surface area contributed by atoms with Crippen LogP contribution < -0.4 is 10.1 Å². The molecule has 146 valence electrons. The monoisotopic (exact) mass is 408 g/mol. The average Bonchev–Trinajstić information content (AvgIpc) is 3.38. The van der Waals surface area contributed by atoms with Crippen LogP contribution >= 0.6 is 11.6 Å². The van der Waals surface area contributed by atoms with Crippen LogP contribution in [0.2, 0.25) is 5.02 Å². The summed E-state index contributed by atoms with van der Waals surface area (Å²) in [6, 6.07) is 18.2. The molecule has 2 aromatic carbocycles. The van der Waals surface area contributed by atoms with E-state index in [9.17, 15) is 4.79 Å². The summed E-state index contributed by atoms with van der Waals surface area (Å²) in [6.07, 6.45) is 1.78. The zero-order valence-electron chi connectivity index (χ0n) is 15.5. The van der Waals surface area contributed by atoms with E-state index in [4.69, 9.17) is 20.9 Å². The van der Waals surface area contributed by atoms with Crippen molar-refractivity contribution in [2.75, 3.05) is 12.4 Å². The van der Waals surface area contributed by atoms with Crippen molar-refractivity contribution in [2.45, 2.75) is 6.54 Å². The van der Waals surface area contributed by atoms with Crippen LogP contribution in [0.3, 0.4) is 0 Å². The van der Waals surface area contributed by atoms with Gasteiger partial charge in [0.1, 0.15) is 18.0 Å². The SMILES string of the molecule is COc1ccc(NC(=O)Cn2cccc2-c2nc(-c3ccccc3)no2)cc1Cl. The Morgan fingerprint density at radius 1 is 1.17 bits per heavy atom. The van der Waals surface area contributed by atoms with Gasteiger partial charge >= 0.3 is 0 Å². The van der Waals surface area contributed by atoms with Crippen LogP contribution in [0.4, 0.5) is 5.69 Å². The Hall–Kier alpha value is -3.58. The molecule has 0 aliphatic heterocycles. The maximum Gasteiger partial charge on any atom is 0.274 e. The number of halogens is 1. The van der Waals surface area contributed by atoms with E-state index in [1.165, 1.54) is 7.11 Å². The molecule has 0 saturated heterocycles. The van der Waals surface area contributed by atoms with Crippen molar-refractivity contribution in [2.24, 2.45) is 0 Å². The summed E-state index contributed by atoms with van der Waals surface area (Å²) >= 11 is 6.10. The fourth-order valence-corrected chi connectivity index (χ4v) is 3.14. The summed E-state index contributed by atoms with van der Waals surface area (Å²) in [5.41, 5.74) is 2.09. The molecule has 0 aliphatic carbocycles. The van der Waals surface area contributed by atoms with E-state index in [1.807, 2.05) is 42.5 Å². The molecule has 4 aromatic rings. The second kappa shape index (κ2) is 8.20. The second-order valence-corrected chi connectivity index (χ2v) is 6.62. The van der Waals surface area contributed by atoms with Gasteiger partial charge in [-0.05, 0) is 30.3 Å². The molecule has 1 N–H and O–H groups in total. The van der Waals surface area contributed by atoms with Gasteiger partial charge in [-0.3, -0.25) is 4.79 Å². The molecule has 2 aromatic heterocycles. The van der Waals surface area contributed by atoms with E-state index in [0.29, 0.717) is 33.9 Å². The Bertz CT molecular complexity index is 1140. The molecule has 0 saturated carbocycles. The minimum atomic E-state index is -0.216. The Kier molecular flexibility index (Phi) is 5.31. The molecular weight excluding hydrogens is 392 g/mol. The number of rotatable bonds is 6. The van der Waals surface area contributed by atoms with Crippen LogP contribution in [0.25, 0.3) is 23.0 Å². The Labute approximate surface area is 171 Å². The van der Waals surface area contributed by atoms with Crippen LogP contribution in [0, 0.1) is 0 Å². The molecule has 7 nitrogen and oxygen atoms in total. The van der Waals surface area contributed by atoms with Gasteiger partial charge in [0.05, 0.1) is 12.1 Å².